The molecule has 0 atom stereocenters. The van der Waals surface area contributed by atoms with Crippen LogP contribution in [0.3, 0.4) is 0 Å². The Hall–Kier alpha value is -1.85. The van der Waals surface area contributed by atoms with Gasteiger partial charge in [-0.3, -0.25) is 9.59 Å². The molecule has 23 heavy (non-hydrogen) atoms. The zero-order valence-electron chi connectivity index (χ0n) is 12.2. The highest BCUT2D eigenvalue weighted by molar-refractivity contribution is 9.10. The van der Waals surface area contributed by atoms with Gasteiger partial charge in [-0.05, 0) is 42.3 Å². The molecule has 0 aliphatic carbocycles. The van der Waals surface area contributed by atoms with Gasteiger partial charge < -0.3 is 10.2 Å². The Balaban J connectivity index is 1.78. The SMILES string of the molecule is O=C(CN1C(=O)CCc2cc(Br)ccc21)Nc1ccccc1Cl. The van der Waals surface area contributed by atoms with Gasteiger partial charge in [0.25, 0.3) is 0 Å². The first kappa shape index (κ1) is 16.0. The summed E-state index contributed by atoms with van der Waals surface area (Å²) in [5, 5.41) is 3.21. The summed E-state index contributed by atoms with van der Waals surface area (Å²) in [6.07, 6.45) is 1.10. The number of para-hydroxylation sites is 1. The fourth-order valence-electron chi connectivity index (χ4n) is 2.60. The molecule has 1 aliphatic heterocycles. The third-order valence-electron chi connectivity index (χ3n) is 3.69. The maximum atomic E-state index is 12.3. The Morgan fingerprint density at radius 3 is 2.78 bits per heavy atom. The summed E-state index contributed by atoms with van der Waals surface area (Å²) in [7, 11) is 0. The average Bonchev–Trinajstić information content (AvgIpc) is 2.52. The lowest BCUT2D eigenvalue weighted by Gasteiger charge is -2.29. The van der Waals surface area contributed by atoms with Gasteiger partial charge in [0.15, 0.2) is 0 Å². The molecule has 4 nitrogen and oxygen atoms in total. The maximum absolute atomic E-state index is 12.3. The van der Waals surface area contributed by atoms with Gasteiger partial charge in [-0.1, -0.05) is 39.7 Å². The van der Waals surface area contributed by atoms with Crippen molar-refractivity contribution in [2.45, 2.75) is 12.8 Å². The van der Waals surface area contributed by atoms with Crippen molar-refractivity contribution in [3.63, 3.8) is 0 Å². The number of carbonyl (C=O) groups excluding carboxylic acids is 2. The lowest BCUT2D eigenvalue weighted by Crippen LogP contribution is -2.40. The summed E-state index contributed by atoms with van der Waals surface area (Å²) in [6, 6.07) is 12.7. The summed E-state index contributed by atoms with van der Waals surface area (Å²) in [4.78, 5) is 26.0. The van der Waals surface area contributed by atoms with Crippen LogP contribution in [0.5, 0.6) is 0 Å². The number of benzene rings is 2. The highest BCUT2D eigenvalue weighted by Crippen LogP contribution is 2.30. The van der Waals surface area contributed by atoms with Crippen molar-refractivity contribution in [2.75, 3.05) is 16.8 Å². The second kappa shape index (κ2) is 6.72. The van der Waals surface area contributed by atoms with E-state index in [4.69, 9.17) is 11.6 Å². The Bertz CT molecular complexity index is 779. The highest BCUT2D eigenvalue weighted by Gasteiger charge is 2.26. The lowest BCUT2D eigenvalue weighted by atomic mass is 10.0. The van der Waals surface area contributed by atoms with Gasteiger partial charge in [0, 0.05) is 16.6 Å². The van der Waals surface area contributed by atoms with Gasteiger partial charge in [-0.15, -0.1) is 0 Å². The number of carbonyl (C=O) groups is 2. The predicted octanol–water partition coefficient (Wildman–Crippen LogP) is 4.02. The molecule has 0 radical (unpaired) electrons. The summed E-state index contributed by atoms with van der Waals surface area (Å²) in [5.74, 6) is -0.323. The Morgan fingerprint density at radius 2 is 2.00 bits per heavy atom. The van der Waals surface area contributed by atoms with Crippen molar-refractivity contribution in [1.82, 2.24) is 0 Å². The summed E-state index contributed by atoms with van der Waals surface area (Å²) < 4.78 is 0.964. The molecule has 1 aliphatic rings. The zero-order valence-corrected chi connectivity index (χ0v) is 14.5. The molecule has 0 saturated carbocycles. The van der Waals surface area contributed by atoms with Crippen LogP contribution in [0.25, 0.3) is 0 Å². The van der Waals surface area contributed by atoms with Crippen LogP contribution in [0.15, 0.2) is 46.9 Å². The number of amides is 2. The molecule has 0 aromatic heterocycles. The first-order valence-electron chi connectivity index (χ1n) is 7.18. The van der Waals surface area contributed by atoms with Crippen LogP contribution in [0.2, 0.25) is 5.02 Å². The van der Waals surface area contributed by atoms with Crippen LogP contribution < -0.4 is 10.2 Å². The standard InChI is InChI=1S/C17H14BrClN2O2/c18-12-6-7-15-11(9-12)5-8-17(23)21(15)10-16(22)20-14-4-2-1-3-13(14)19/h1-4,6-7,9H,5,8,10H2,(H,20,22). The second-order valence-corrected chi connectivity index (χ2v) is 6.60. The third-order valence-corrected chi connectivity index (χ3v) is 4.51. The summed E-state index contributed by atoms with van der Waals surface area (Å²) >= 11 is 9.47. The van der Waals surface area contributed by atoms with E-state index in [1.807, 2.05) is 18.2 Å². The summed E-state index contributed by atoms with van der Waals surface area (Å²) in [5.41, 5.74) is 2.39. The topological polar surface area (TPSA) is 49.4 Å². The molecule has 0 fully saturated rings. The zero-order chi connectivity index (χ0) is 16.4. The number of halogens is 2. The minimum atomic E-state index is -0.276. The lowest BCUT2D eigenvalue weighted by molar-refractivity contribution is -0.121. The number of hydrogen-bond acceptors (Lipinski definition) is 2. The number of nitrogens with one attached hydrogen (secondary N) is 1. The molecule has 0 unspecified atom stereocenters. The molecule has 1 N–H and O–H groups in total. The monoisotopic (exact) mass is 392 g/mol. The minimum absolute atomic E-state index is 0.0291. The van der Waals surface area contributed by atoms with Crippen LogP contribution in [0, 0.1) is 0 Å². The largest absolute Gasteiger partial charge is 0.323 e. The number of rotatable bonds is 3. The summed E-state index contributed by atoms with van der Waals surface area (Å²) in [6.45, 7) is -0.0291. The predicted molar refractivity (Wildman–Crippen MR) is 94.9 cm³/mol. The minimum Gasteiger partial charge on any atom is -0.323 e. The van der Waals surface area contributed by atoms with E-state index in [9.17, 15) is 9.59 Å². The molecule has 0 spiro atoms. The van der Waals surface area contributed by atoms with E-state index >= 15 is 0 Å². The fraction of sp³-hybridized carbons (Fsp3) is 0.176. The van der Waals surface area contributed by atoms with Gasteiger partial charge in [0.05, 0.1) is 10.7 Å². The molecule has 6 heteroatoms. The van der Waals surface area contributed by atoms with Crippen molar-refractivity contribution in [3.05, 3.63) is 57.5 Å². The van der Waals surface area contributed by atoms with E-state index in [-0.39, 0.29) is 18.4 Å². The number of hydrogen-bond donors (Lipinski definition) is 1. The highest BCUT2D eigenvalue weighted by atomic mass is 79.9. The number of nitrogens with zero attached hydrogens (tertiary/aromatic N) is 1. The molecule has 2 amide bonds. The first-order valence-corrected chi connectivity index (χ1v) is 8.35. The fourth-order valence-corrected chi connectivity index (χ4v) is 3.19. The van der Waals surface area contributed by atoms with Crippen molar-refractivity contribution in [3.8, 4) is 0 Å². The quantitative estimate of drug-likeness (QED) is 0.856. The van der Waals surface area contributed by atoms with Gasteiger partial charge in [-0.25, -0.2) is 0 Å². The number of anilines is 2. The van der Waals surface area contributed by atoms with E-state index in [0.29, 0.717) is 23.6 Å². The number of fused-ring (bicyclic) bond motifs is 1. The van der Waals surface area contributed by atoms with Gasteiger partial charge in [-0.2, -0.15) is 0 Å². The van der Waals surface area contributed by atoms with Gasteiger partial charge in [0.2, 0.25) is 11.8 Å². The van der Waals surface area contributed by atoms with Crippen molar-refractivity contribution < 1.29 is 9.59 Å². The molecular formula is C17H14BrClN2O2. The molecule has 2 aromatic rings. The van der Waals surface area contributed by atoms with Crippen molar-refractivity contribution >= 4 is 50.7 Å². The first-order chi connectivity index (χ1) is 11.0. The van der Waals surface area contributed by atoms with Crippen LogP contribution in [-0.4, -0.2) is 18.4 Å². The van der Waals surface area contributed by atoms with Gasteiger partial charge in [0.1, 0.15) is 6.54 Å². The smallest absolute Gasteiger partial charge is 0.244 e. The van der Waals surface area contributed by atoms with Crippen molar-refractivity contribution in [2.24, 2.45) is 0 Å². The van der Waals surface area contributed by atoms with E-state index in [1.165, 1.54) is 4.90 Å². The van der Waals surface area contributed by atoms with Crippen LogP contribution >= 0.6 is 27.5 Å². The van der Waals surface area contributed by atoms with E-state index in [0.717, 1.165) is 15.7 Å². The Kier molecular flexibility index (Phi) is 4.68. The van der Waals surface area contributed by atoms with Crippen LogP contribution in [-0.2, 0) is 16.0 Å². The van der Waals surface area contributed by atoms with Crippen molar-refractivity contribution in [1.29, 1.82) is 0 Å². The molecule has 0 bridgehead atoms. The molecule has 0 saturated heterocycles. The maximum Gasteiger partial charge on any atom is 0.244 e. The molecule has 1 heterocycles. The van der Waals surface area contributed by atoms with Crippen LogP contribution in [0.4, 0.5) is 11.4 Å². The third kappa shape index (κ3) is 3.57. The van der Waals surface area contributed by atoms with Gasteiger partial charge >= 0.3 is 0 Å². The Labute approximate surface area is 147 Å². The van der Waals surface area contributed by atoms with E-state index in [2.05, 4.69) is 21.2 Å². The average molecular weight is 394 g/mol. The molecule has 3 rings (SSSR count). The molecular weight excluding hydrogens is 380 g/mol. The van der Waals surface area contributed by atoms with E-state index < -0.39 is 0 Å². The second-order valence-electron chi connectivity index (χ2n) is 5.28. The molecule has 2 aromatic carbocycles. The number of aryl methyl sites for hydroxylation is 1. The van der Waals surface area contributed by atoms with E-state index in [1.54, 1.807) is 24.3 Å². The van der Waals surface area contributed by atoms with Crippen LogP contribution in [0.1, 0.15) is 12.0 Å². The Morgan fingerprint density at radius 1 is 1.22 bits per heavy atom. The normalized spacial score (nSPS) is 13.7. The molecule has 118 valence electrons.